The molecule has 0 aromatic heterocycles. The zero-order valence-corrected chi connectivity index (χ0v) is 12.2. The standard InChI is InChI=1S/C14H31N.ClH/c1-3-11-14(2)12-9-7-5-4-6-8-10-13-15;/h14H,3-13,15H2,1-2H3;1H. The molecule has 0 aliphatic carbocycles. The van der Waals surface area contributed by atoms with Crippen LogP contribution in [0.3, 0.4) is 0 Å². The molecule has 0 radical (unpaired) electrons. The van der Waals surface area contributed by atoms with Crippen molar-refractivity contribution in [2.45, 2.75) is 78.1 Å². The van der Waals surface area contributed by atoms with Crippen LogP contribution in [0, 0.1) is 5.92 Å². The Balaban J connectivity index is 0. The van der Waals surface area contributed by atoms with Gasteiger partial charge in [-0.3, -0.25) is 0 Å². The van der Waals surface area contributed by atoms with Crippen LogP contribution in [0.1, 0.15) is 78.1 Å². The van der Waals surface area contributed by atoms with E-state index in [0.29, 0.717) is 0 Å². The summed E-state index contributed by atoms with van der Waals surface area (Å²) in [7, 11) is 0. The Morgan fingerprint density at radius 1 is 0.812 bits per heavy atom. The lowest BCUT2D eigenvalue weighted by Gasteiger charge is -2.08. The quantitative estimate of drug-likeness (QED) is 0.525. The topological polar surface area (TPSA) is 27.6 Å². The van der Waals surface area contributed by atoms with Gasteiger partial charge in [0.05, 0.1) is 6.54 Å². The van der Waals surface area contributed by atoms with Gasteiger partial charge in [-0.05, 0) is 18.8 Å². The summed E-state index contributed by atoms with van der Waals surface area (Å²) in [5.74, 6) is 0.959. The van der Waals surface area contributed by atoms with Gasteiger partial charge in [-0.1, -0.05) is 65.2 Å². The minimum absolute atomic E-state index is 0. The van der Waals surface area contributed by atoms with Crippen LogP contribution < -0.4 is 18.1 Å². The number of rotatable bonds is 11. The summed E-state index contributed by atoms with van der Waals surface area (Å²) in [6.45, 7) is 5.81. The number of hydrogen-bond donors (Lipinski definition) is 1. The van der Waals surface area contributed by atoms with Gasteiger partial charge in [-0.2, -0.15) is 0 Å². The molecule has 0 saturated carbocycles. The summed E-state index contributed by atoms with van der Waals surface area (Å²) >= 11 is 0. The normalized spacial score (nSPS) is 12.2. The first-order valence-corrected chi connectivity index (χ1v) is 7.10. The van der Waals surface area contributed by atoms with Gasteiger partial charge in [0.2, 0.25) is 0 Å². The smallest absolute Gasteiger partial charge is 0.0739 e. The van der Waals surface area contributed by atoms with Crippen LogP contribution in [-0.4, -0.2) is 6.54 Å². The summed E-state index contributed by atoms with van der Waals surface area (Å²) in [6, 6.07) is 0. The molecule has 0 bridgehead atoms. The minimum atomic E-state index is 0. The highest BCUT2D eigenvalue weighted by atomic mass is 35.5. The Kier molecular flexibility index (Phi) is 17.7. The van der Waals surface area contributed by atoms with E-state index in [1.54, 1.807) is 0 Å². The average molecular weight is 250 g/mol. The molecule has 0 aromatic rings. The molecule has 0 aliphatic heterocycles. The molecule has 1 atom stereocenters. The molecule has 0 heterocycles. The van der Waals surface area contributed by atoms with Crippen LogP contribution in [-0.2, 0) is 0 Å². The van der Waals surface area contributed by atoms with Crippen molar-refractivity contribution in [2.75, 3.05) is 6.54 Å². The first kappa shape index (κ1) is 18.6. The van der Waals surface area contributed by atoms with Crippen LogP contribution in [0.2, 0.25) is 0 Å². The third-order valence-electron chi connectivity index (χ3n) is 3.23. The molecule has 0 aliphatic rings. The lowest BCUT2D eigenvalue weighted by atomic mass is 9.98. The highest BCUT2D eigenvalue weighted by molar-refractivity contribution is 4.53. The van der Waals surface area contributed by atoms with E-state index in [9.17, 15) is 0 Å². The van der Waals surface area contributed by atoms with E-state index in [2.05, 4.69) is 19.6 Å². The first-order chi connectivity index (χ1) is 7.31. The van der Waals surface area contributed by atoms with Crippen LogP contribution in [0.5, 0.6) is 0 Å². The van der Waals surface area contributed by atoms with E-state index in [4.69, 9.17) is 0 Å². The maximum atomic E-state index is 3.87. The zero-order valence-electron chi connectivity index (χ0n) is 11.4. The molecule has 100 valence electrons. The second kappa shape index (κ2) is 15.2. The van der Waals surface area contributed by atoms with Gasteiger partial charge < -0.3 is 18.1 Å². The van der Waals surface area contributed by atoms with Crippen molar-refractivity contribution in [3.8, 4) is 0 Å². The van der Waals surface area contributed by atoms with E-state index >= 15 is 0 Å². The fourth-order valence-corrected chi connectivity index (χ4v) is 2.19. The van der Waals surface area contributed by atoms with Crippen LogP contribution >= 0.6 is 0 Å². The van der Waals surface area contributed by atoms with Gasteiger partial charge in [0.15, 0.2) is 0 Å². The molecule has 1 unspecified atom stereocenters. The number of hydrogen-bond acceptors (Lipinski definition) is 0. The van der Waals surface area contributed by atoms with Gasteiger partial charge in [-0.15, -0.1) is 0 Å². The lowest BCUT2D eigenvalue weighted by molar-refractivity contribution is -0.368. The van der Waals surface area contributed by atoms with E-state index in [0.717, 1.165) is 12.5 Å². The SMILES string of the molecule is CCCC(C)CCCCCCCCC[NH3+].[Cl-]. The lowest BCUT2D eigenvalue weighted by Crippen LogP contribution is -3.00. The van der Waals surface area contributed by atoms with Crippen molar-refractivity contribution in [3.05, 3.63) is 0 Å². The molecule has 1 nitrogen and oxygen atoms in total. The fraction of sp³-hybridized carbons (Fsp3) is 1.00. The molecule has 16 heavy (non-hydrogen) atoms. The van der Waals surface area contributed by atoms with Crippen LogP contribution in [0.15, 0.2) is 0 Å². The fourth-order valence-electron chi connectivity index (χ4n) is 2.19. The summed E-state index contributed by atoms with van der Waals surface area (Å²) in [5.41, 5.74) is 3.87. The van der Waals surface area contributed by atoms with E-state index in [-0.39, 0.29) is 12.4 Å². The minimum Gasteiger partial charge on any atom is -1.00 e. The van der Waals surface area contributed by atoms with E-state index < -0.39 is 0 Å². The van der Waals surface area contributed by atoms with E-state index in [1.807, 2.05) is 0 Å². The Hall–Kier alpha value is 0.250. The Morgan fingerprint density at radius 3 is 1.81 bits per heavy atom. The molecule has 2 heteroatoms. The van der Waals surface area contributed by atoms with E-state index in [1.165, 1.54) is 64.2 Å². The van der Waals surface area contributed by atoms with Crippen molar-refractivity contribution in [2.24, 2.45) is 5.92 Å². The maximum absolute atomic E-state index is 3.87. The average Bonchev–Trinajstić information content (AvgIpc) is 2.22. The number of quaternary nitrogens is 1. The molecule has 0 spiro atoms. The second-order valence-corrected chi connectivity index (χ2v) is 5.01. The summed E-state index contributed by atoms with van der Waals surface area (Å²) in [5, 5.41) is 0. The van der Waals surface area contributed by atoms with Gasteiger partial charge in [0.1, 0.15) is 0 Å². The molecule has 0 fully saturated rings. The monoisotopic (exact) mass is 249 g/mol. The van der Waals surface area contributed by atoms with Crippen molar-refractivity contribution in [3.63, 3.8) is 0 Å². The molecule has 0 rings (SSSR count). The molecule has 3 N–H and O–H groups in total. The molecule has 0 aromatic carbocycles. The van der Waals surface area contributed by atoms with Crippen LogP contribution in [0.25, 0.3) is 0 Å². The van der Waals surface area contributed by atoms with Crippen molar-refractivity contribution >= 4 is 0 Å². The molecular formula is C14H32ClN. The van der Waals surface area contributed by atoms with Crippen molar-refractivity contribution in [1.29, 1.82) is 0 Å². The number of halogens is 1. The summed E-state index contributed by atoms with van der Waals surface area (Å²) < 4.78 is 0. The van der Waals surface area contributed by atoms with Crippen molar-refractivity contribution < 1.29 is 18.1 Å². The first-order valence-electron chi connectivity index (χ1n) is 7.10. The molecule has 0 amide bonds. The highest BCUT2D eigenvalue weighted by Crippen LogP contribution is 2.15. The van der Waals surface area contributed by atoms with Gasteiger partial charge in [0, 0.05) is 0 Å². The summed E-state index contributed by atoms with van der Waals surface area (Å²) in [6.07, 6.45) is 14.2. The largest absolute Gasteiger partial charge is 1.00 e. The summed E-state index contributed by atoms with van der Waals surface area (Å²) in [4.78, 5) is 0. The Bertz CT molecular complexity index is 117. The maximum Gasteiger partial charge on any atom is 0.0739 e. The third kappa shape index (κ3) is 14.2. The Labute approximate surface area is 109 Å². The van der Waals surface area contributed by atoms with Gasteiger partial charge >= 0.3 is 0 Å². The second-order valence-electron chi connectivity index (χ2n) is 5.01. The highest BCUT2D eigenvalue weighted by Gasteiger charge is 1.99. The van der Waals surface area contributed by atoms with Crippen LogP contribution in [0.4, 0.5) is 0 Å². The molecule has 0 saturated heterocycles. The predicted molar refractivity (Wildman–Crippen MR) is 68.8 cm³/mol. The van der Waals surface area contributed by atoms with Crippen molar-refractivity contribution in [1.82, 2.24) is 0 Å². The zero-order chi connectivity index (χ0) is 11.4. The molecular weight excluding hydrogens is 218 g/mol. The van der Waals surface area contributed by atoms with Gasteiger partial charge in [0.25, 0.3) is 0 Å². The number of unbranched alkanes of at least 4 members (excludes halogenated alkanes) is 6. The third-order valence-corrected chi connectivity index (χ3v) is 3.23. The van der Waals surface area contributed by atoms with Gasteiger partial charge in [-0.25, -0.2) is 0 Å². The predicted octanol–water partition coefficient (Wildman–Crippen LogP) is 0.789. The Morgan fingerprint density at radius 2 is 1.31 bits per heavy atom.